The molecule has 0 heterocycles. The van der Waals surface area contributed by atoms with Crippen LogP contribution in [0.15, 0.2) is 36.4 Å². The number of nitrogens with two attached hydrogens (primary N) is 1. The lowest BCUT2D eigenvalue weighted by atomic mass is 9.92. The summed E-state index contributed by atoms with van der Waals surface area (Å²) in [6.07, 6.45) is -0.111. The standard InChI is InChI=1S/C17H15Cl2NO4.ClH/c18-14-3-1-9(11(8-20)7-16(21)22)5-12(14)13-6-10(17(23)24)2-4-15(13)19;/h1-6,11H,7-8,20H2,(H,21,22)(H,23,24);1H/t11-;/m0./s1. The third kappa shape index (κ3) is 5.09. The summed E-state index contributed by atoms with van der Waals surface area (Å²) in [7, 11) is 0. The number of aliphatic carboxylic acids is 1. The molecule has 2 aromatic carbocycles. The highest BCUT2D eigenvalue weighted by atomic mass is 35.5. The largest absolute Gasteiger partial charge is 0.481 e. The number of carbonyl (C=O) groups is 2. The molecule has 8 heteroatoms. The molecule has 0 aliphatic carbocycles. The summed E-state index contributed by atoms with van der Waals surface area (Å²) in [6.45, 7) is 0.163. The molecule has 2 aromatic rings. The van der Waals surface area contributed by atoms with Crippen molar-refractivity contribution in [3.05, 3.63) is 57.6 Å². The Bertz CT molecular complexity index is 795. The first-order valence-corrected chi connectivity index (χ1v) is 7.83. The number of hydrogen-bond acceptors (Lipinski definition) is 3. The number of carboxylic acid groups (broad SMARTS) is 2. The Morgan fingerprint density at radius 3 is 2.08 bits per heavy atom. The fourth-order valence-corrected chi connectivity index (χ4v) is 2.85. The minimum Gasteiger partial charge on any atom is -0.481 e. The zero-order chi connectivity index (χ0) is 17.9. The van der Waals surface area contributed by atoms with Crippen molar-refractivity contribution in [1.29, 1.82) is 0 Å². The van der Waals surface area contributed by atoms with Crippen molar-refractivity contribution in [2.75, 3.05) is 6.54 Å². The molecule has 0 radical (unpaired) electrons. The van der Waals surface area contributed by atoms with Crippen LogP contribution in [0.2, 0.25) is 10.0 Å². The summed E-state index contributed by atoms with van der Waals surface area (Å²) in [5.74, 6) is -2.40. The van der Waals surface area contributed by atoms with Gasteiger partial charge in [-0.25, -0.2) is 4.79 Å². The van der Waals surface area contributed by atoms with Crippen LogP contribution in [0.25, 0.3) is 11.1 Å². The average molecular weight is 405 g/mol. The molecule has 2 rings (SSSR count). The molecule has 1 atom stereocenters. The summed E-state index contributed by atoms with van der Waals surface area (Å²) in [5, 5.41) is 18.9. The normalized spacial score (nSPS) is 11.5. The van der Waals surface area contributed by atoms with Crippen LogP contribution in [0.3, 0.4) is 0 Å². The molecule has 0 saturated carbocycles. The molecule has 0 fully saturated rings. The van der Waals surface area contributed by atoms with Crippen molar-refractivity contribution >= 4 is 47.5 Å². The van der Waals surface area contributed by atoms with E-state index in [1.54, 1.807) is 18.2 Å². The quantitative estimate of drug-likeness (QED) is 0.666. The molecule has 25 heavy (non-hydrogen) atoms. The van der Waals surface area contributed by atoms with Gasteiger partial charge in [0.2, 0.25) is 0 Å². The van der Waals surface area contributed by atoms with E-state index in [1.807, 2.05) is 0 Å². The number of halogens is 3. The van der Waals surface area contributed by atoms with E-state index in [0.717, 1.165) is 0 Å². The van der Waals surface area contributed by atoms with E-state index < -0.39 is 11.9 Å². The van der Waals surface area contributed by atoms with Gasteiger partial charge in [0.25, 0.3) is 0 Å². The van der Waals surface area contributed by atoms with Crippen LogP contribution in [0.5, 0.6) is 0 Å². The Morgan fingerprint density at radius 2 is 1.56 bits per heavy atom. The van der Waals surface area contributed by atoms with Gasteiger partial charge in [0.05, 0.1) is 12.0 Å². The van der Waals surface area contributed by atoms with Gasteiger partial charge in [0, 0.05) is 27.1 Å². The molecule has 0 aromatic heterocycles. The van der Waals surface area contributed by atoms with Crippen molar-refractivity contribution in [1.82, 2.24) is 0 Å². The predicted molar refractivity (Wildman–Crippen MR) is 100 cm³/mol. The molecule has 0 spiro atoms. The first kappa shape index (κ1) is 21.3. The highest BCUT2D eigenvalue weighted by molar-refractivity contribution is 6.36. The molecular weight excluding hydrogens is 389 g/mol. The maximum Gasteiger partial charge on any atom is 0.335 e. The lowest BCUT2D eigenvalue weighted by Crippen LogP contribution is -2.16. The lowest BCUT2D eigenvalue weighted by Gasteiger charge is -2.16. The second-order valence-electron chi connectivity index (χ2n) is 5.27. The van der Waals surface area contributed by atoms with Crippen LogP contribution < -0.4 is 5.73 Å². The summed E-state index contributed by atoms with van der Waals surface area (Å²) in [5.41, 5.74) is 7.46. The summed E-state index contributed by atoms with van der Waals surface area (Å²) in [6, 6.07) is 9.36. The van der Waals surface area contributed by atoms with Crippen LogP contribution in [0.4, 0.5) is 0 Å². The van der Waals surface area contributed by atoms with Gasteiger partial charge in [-0.05, 0) is 42.4 Å². The Morgan fingerprint density at radius 1 is 1.00 bits per heavy atom. The summed E-state index contributed by atoms with van der Waals surface area (Å²) >= 11 is 12.4. The molecule has 0 aliphatic rings. The van der Waals surface area contributed by atoms with Crippen molar-refractivity contribution in [2.45, 2.75) is 12.3 Å². The first-order valence-electron chi connectivity index (χ1n) is 7.08. The van der Waals surface area contributed by atoms with Crippen LogP contribution >= 0.6 is 35.6 Å². The maximum atomic E-state index is 11.2. The van der Waals surface area contributed by atoms with Crippen molar-refractivity contribution in [3.63, 3.8) is 0 Å². The van der Waals surface area contributed by atoms with Crippen molar-refractivity contribution < 1.29 is 19.8 Å². The van der Waals surface area contributed by atoms with E-state index in [4.69, 9.17) is 39.1 Å². The highest BCUT2D eigenvalue weighted by Crippen LogP contribution is 2.36. The molecule has 5 nitrogen and oxygen atoms in total. The van der Waals surface area contributed by atoms with E-state index in [2.05, 4.69) is 0 Å². The predicted octanol–water partition coefficient (Wildman–Crippen LogP) is 4.30. The fourth-order valence-electron chi connectivity index (χ4n) is 2.42. The summed E-state index contributed by atoms with van der Waals surface area (Å²) in [4.78, 5) is 22.1. The van der Waals surface area contributed by atoms with Gasteiger partial charge >= 0.3 is 11.9 Å². The SMILES string of the molecule is Cl.NC[C@H](CC(=O)O)c1ccc(Cl)c(-c2cc(C(=O)O)ccc2Cl)c1. The number of carboxylic acids is 2. The van der Waals surface area contributed by atoms with Crippen LogP contribution in [-0.4, -0.2) is 28.7 Å². The second-order valence-corrected chi connectivity index (χ2v) is 6.08. The van der Waals surface area contributed by atoms with Gasteiger partial charge in [0.15, 0.2) is 0 Å². The molecular formula is C17H16Cl3NO4. The van der Waals surface area contributed by atoms with Gasteiger partial charge in [-0.2, -0.15) is 0 Å². The van der Waals surface area contributed by atoms with Crippen LogP contribution in [-0.2, 0) is 4.79 Å². The van der Waals surface area contributed by atoms with Crippen LogP contribution in [0, 0.1) is 0 Å². The Hall–Kier alpha value is -1.79. The van der Waals surface area contributed by atoms with Gasteiger partial charge < -0.3 is 15.9 Å². The lowest BCUT2D eigenvalue weighted by molar-refractivity contribution is -0.137. The Labute approximate surface area is 160 Å². The molecule has 0 amide bonds. The molecule has 0 saturated heterocycles. The number of benzene rings is 2. The number of aromatic carboxylic acids is 1. The molecule has 134 valence electrons. The number of rotatable bonds is 6. The van der Waals surface area contributed by atoms with E-state index >= 15 is 0 Å². The van der Waals surface area contributed by atoms with Gasteiger partial charge in [-0.1, -0.05) is 29.3 Å². The minimum absolute atomic E-state index is 0. The average Bonchev–Trinajstić information content (AvgIpc) is 2.53. The Balaban J connectivity index is 0.00000312. The van der Waals surface area contributed by atoms with Gasteiger partial charge in [-0.15, -0.1) is 12.4 Å². The second kappa shape index (κ2) is 9.06. The molecule has 0 unspecified atom stereocenters. The third-order valence-corrected chi connectivity index (χ3v) is 4.33. The fraction of sp³-hybridized carbons (Fsp3) is 0.176. The van der Waals surface area contributed by atoms with E-state index in [9.17, 15) is 9.59 Å². The molecule has 4 N–H and O–H groups in total. The van der Waals surface area contributed by atoms with Crippen LogP contribution in [0.1, 0.15) is 28.3 Å². The number of hydrogen-bond donors (Lipinski definition) is 3. The summed E-state index contributed by atoms with van der Waals surface area (Å²) < 4.78 is 0. The van der Waals surface area contributed by atoms with Gasteiger partial charge in [-0.3, -0.25) is 4.79 Å². The monoisotopic (exact) mass is 403 g/mol. The molecule has 0 bridgehead atoms. The maximum absolute atomic E-state index is 11.2. The highest BCUT2D eigenvalue weighted by Gasteiger charge is 2.17. The van der Waals surface area contributed by atoms with Crippen molar-refractivity contribution in [3.8, 4) is 11.1 Å². The zero-order valence-electron chi connectivity index (χ0n) is 12.9. The van der Waals surface area contributed by atoms with E-state index in [-0.39, 0.29) is 36.9 Å². The first-order chi connectivity index (χ1) is 11.3. The van der Waals surface area contributed by atoms with E-state index in [1.165, 1.54) is 18.2 Å². The van der Waals surface area contributed by atoms with E-state index in [0.29, 0.717) is 26.7 Å². The Kier molecular flexibility index (Phi) is 7.70. The van der Waals surface area contributed by atoms with Crippen molar-refractivity contribution in [2.24, 2.45) is 5.73 Å². The van der Waals surface area contributed by atoms with Gasteiger partial charge in [0.1, 0.15) is 0 Å². The zero-order valence-corrected chi connectivity index (χ0v) is 15.2. The molecule has 0 aliphatic heterocycles. The smallest absolute Gasteiger partial charge is 0.335 e. The minimum atomic E-state index is -1.08. The third-order valence-electron chi connectivity index (χ3n) is 3.67. The topological polar surface area (TPSA) is 101 Å².